The molecule has 0 nitrogen and oxygen atoms in total. The highest BCUT2D eigenvalue weighted by molar-refractivity contribution is 7.25. The average Bonchev–Trinajstić information content (AvgIpc) is 2.73. The molecule has 0 amide bonds. The number of rotatable bonds is 1. The molecule has 0 aliphatic carbocycles. The molecule has 0 radical (unpaired) electrons. The van der Waals surface area contributed by atoms with Gasteiger partial charge in [0.15, 0.2) is 0 Å². The Kier molecular flexibility index (Phi) is 2.90. The van der Waals surface area contributed by atoms with Crippen LogP contribution in [0, 0.1) is 0 Å². The van der Waals surface area contributed by atoms with Crippen molar-refractivity contribution in [1.82, 2.24) is 0 Å². The molecule has 3 rings (SSSR count). The average molecular weight is 268 g/mol. The van der Waals surface area contributed by atoms with Crippen LogP contribution in [0.1, 0.15) is 38.8 Å². The van der Waals surface area contributed by atoms with Gasteiger partial charge in [-0.3, -0.25) is 0 Å². The van der Waals surface area contributed by atoms with Gasteiger partial charge in [-0.25, -0.2) is 0 Å². The molecule has 3 aromatic rings. The fraction of sp³-hybridized carbons (Fsp3) is 0.333. The van der Waals surface area contributed by atoms with Gasteiger partial charge in [0.2, 0.25) is 0 Å². The first-order chi connectivity index (χ1) is 8.99. The summed E-state index contributed by atoms with van der Waals surface area (Å²) < 4.78 is 2.83. The molecule has 0 N–H and O–H groups in total. The summed E-state index contributed by atoms with van der Waals surface area (Å²) in [5, 5.41) is 2.80. The standard InChI is InChI=1S/C18H20S/c1-5-12-6-8-14-15-9-7-13(18(2,3)4)11-17(15)19-16(14)10-12/h6-11H,5H2,1-4H3. The Morgan fingerprint density at radius 1 is 0.895 bits per heavy atom. The van der Waals surface area contributed by atoms with E-state index in [9.17, 15) is 0 Å². The molecule has 98 valence electrons. The van der Waals surface area contributed by atoms with Crippen LogP contribution in [0.2, 0.25) is 0 Å². The van der Waals surface area contributed by atoms with Crippen molar-refractivity contribution in [2.75, 3.05) is 0 Å². The molecule has 1 aromatic heterocycles. The van der Waals surface area contributed by atoms with Gasteiger partial charge in [-0.2, -0.15) is 0 Å². The maximum Gasteiger partial charge on any atom is 0.0358 e. The van der Waals surface area contributed by atoms with Crippen LogP contribution < -0.4 is 0 Å². The third-order valence-corrected chi connectivity index (χ3v) is 4.93. The number of benzene rings is 2. The van der Waals surface area contributed by atoms with Crippen molar-refractivity contribution in [1.29, 1.82) is 0 Å². The summed E-state index contributed by atoms with van der Waals surface area (Å²) in [7, 11) is 0. The number of hydrogen-bond acceptors (Lipinski definition) is 1. The Bertz CT molecular complexity index is 741. The summed E-state index contributed by atoms with van der Waals surface area (Å²) in [4.78, 5) is 0. The summed E-state index contributed by atoms with van der Waals surface area (Å²) in [6.45, 7) is 9.04. The van der Waals surface area contributed by atoms with Crippen LogP contribution >= 0.6 is 11.3 Å². The molecule has 0 aliphatic heterocycles. The molecule has 19 heavy (non-hydrogen) atoms. The van der Waals surface area contributed by atoms with Crippen molar-refractivity contribution in [3.63, 3.8) is 0 Å². The van der Waals surface area contributed by atoms with E-state index in [2.05, 4.69) is 64.1 Å². The van der Waals surface area contributed by atoms with Gasteiger partial charge in [-0.15, -0.1) is 11.3 Å². The second kappa shape index (κ2) is 4.35. The normalized spacial score (nSPS) is 12.4. The molecule has 0 fully saturated rings. The van der Waals surface area contributed by atoms with Crippen molar-refractivity contribution >= 4 is 31.5 Å². The maximum absolute atomic E-state index is 2.37. The minimum atomic E-state index is 0.221. The molecular formula is C18H20S. The van der Waals surface area contributed by atoms with E-state index in [1.54, 1.807) is 0 Å². The lowest BCUT2D eigenvalue weighted by Crippen LogP contribution is -2.10. The fourth-order valence-corrected chi connectivity index (χ4v) is 3.72. The van der Waals surface area contributed by atoms with E-state index >= 15 is 0 Å². The first-order valence-corrected chi connectivity index (χ1v) is 7.76. The van der Waals surface area contributed by atoms with Gasteiger partial charge in [0.25, 0.3) is 0 Å². The predicted molar refractivity (Wildman–Crippen MR) is 87.4 cm³/mol. The number of aryl methyl sites for hydroxylation is 1. The van der Waals surface area contributed by atoms with Gasteiger partial charge < -0.3 is 0 Å². The van der Waals surface area contributed by atoms with E-state index in [1.807, 2.05) is 11.3 Å². The van der Waals surface area contributed by atoms with Crippen molar-refractivity contribution in [3.8, 4) is 0 Å². The molecule has 0 aliphatic rings. The summed E-state index contributed by atoms with van der Waals surface area (Å²) in [6.07, 6.45) is 1.11. The van der Waals surface area contributed by atoms with Gasteiger partial charge in [-0.05, 0) is 35.1 Å². The summed E-state index contributed by atoms with van der Waals surface area (Å²) >= 11 is 1.92. The van der Waals surface area contributed by atoms with Crippen LogP contribution in [-0.2, 0) is 11.8 Å². The lowest BCUT2D eigenvalue weighted by Gasteiger charge is -2.18. The van der Waals surface area contributed by atoms with E-state index in [1.165, 1.54) is 31.3 Å². The zero-order valence-corrected chi connectivity index (χ0v) is 12.9. The molecule has 1 heteroatoms. The molecular weight excluding hydrogens is 248 g/mol. The SMILES string of the molecule is CCc1ccc2c(c1)sc1cc(C(C)(C)C)ccc12. The number of hydrogen-bond donors (Lipinski definition) is 0. The van der Waals surface area contributed by atoms with Gasteiger partial charge >= 0.3 is 0 Å². The summed E-state index contributed by atoms with van der Waals surface area (Å²) in [5.41, 5.74) is 3.07. The lowest BCUT2D eigenvalue weighted by atomic mass is 9.87. The van der Waals surface area contributed by atoms with E-state index < -0.39 is 0 Å². The van der Waals surface area contributed by atoms with Gasteiger partial charge in [0.05, 0.1) is 0 Å². The van der Waals surface area contributed by atoms with E-state index in [4.69, 9.17) is 0 Å². The van der Waals surface area contributed by atoms with E-state index in [0.29, 0.717) is 0 Å². The van der Waals surface area contributed by atoms with E-state index in [-0.39, 0.29) is 5.41 Å². The summed E-state index contributed by atoms with van der Waals surface area (Å²) in [6, 6.07) is 13.8. The first-order valence-electron chi connectivity index (χ1n) is 6.94. The minimum Gasteiger partial charge on any atom is -0.135 e. The lowest BCUT2D eigenvalue weighted by molar-refractivity contribution is 0.591. The van der Waals surface area contributed by atoms with Crippen molar-refractivity contribution in [2.24, 2.45) is 0 Å². The smallest absolute Gasteiger partial charge is 0.0358 e. The highest BCUT2D eigenvalue weighted by atomic mass is 32.1. The molecule has 0 spiro atoms. The second-order valence-electron chi connectivity index (χ2n) is 6.25. The van der Waals surface area contributed by atoms with Crippen LogP contribution in [0.15, 0.2) is 36.4 Å². The van der Waals surface area contributed by atoms with Gasteiger partial charge in [0.1, 0.15) is 0 Å². The zero-order chi connectivity index (χ0) is 13.6. The Morgan fingerprint density at radius 2 is 1.53 bits per heavy atom. The van der Waals surface area contributed by atoms with Crippen LogP contribution in [0.25, 0.3) is 20.2 Å². The Labute approximate surface area is 119 Å². The minimum absolute atomic E-state index is 0.221. The quantitative estimate of drug-likeness (QED) is 0.514. The molecule has 0 atom stereocenters. The molecule has 2 aromatic carbocycles. The largest absolute Gasteiger partial charge is 0.135 e. The topological polar surface area (TPSA) is 0 Å². The second-order valence-corrected chi connectivity index (χ2v) is 7.33. The van der Waals surface area contributed by atoms with Gasteiger partial charge in [-0.1, -0.05) is 52.0 Å². The van der Waals surface area contributed by atoms with Crippen LogP contribution in [0.4, 0.5) is 0 Å². The molecule has 1 heterocycles. The summed E-state index contributed by atoms with van der Waals surface area (Å²) in [5.74, 6) is 0. The Hall–Kier alpha value is -1.34. The first kappa shape index (κ1) is 12.7. The maximum atomic E-state index is 2.37. The number of fused-ring (bicyclic) bond motifs is 3. The van der Waals surface area contributed by atoms with Crippen LogP contribution in [-0.4, -0.2) is 0 Å². The Balaban J connectivity index is 2.27. The molecule has 0 saturated heterocycles. The molecule has 0 unspecified atom stereocenters. The van der Waals surface area contributed by atoms with E-state index in [0.717, 1.165) is 6.42 Å². The molecule has 0 saturated carbocycles. The third-order valence-electron chi connectivity index (χ3n) is 3.81. The monoisotopic (exact) mass is 268 g/mol. The third kappa shape index (κ3) is 2.17. The highest BCUT2D eigenvalue weighted by Gasteiger charge is 2.15. The van der Waals surface area contributed by atoms with Crippen molar-refractivity contribution < 1.29 is 0 Å². The fourth-order valence-electron chi connectivity index (χ4n) is 2.51. The predicted octanol–water partition coefficient (Wildman–Crippen LogP) is 5.91. The van der Waals surface area contributed by atoms with Crippen molar-refractivity contribution in [2.45, 2.75) is 39.5 Å². The zero-order valence-electron chi connectivity index (χ0n) is 12.1. The van der Waals surface area contributed by atoms with Crippen LogP contribution in [0.3, 0.4) is 0 Å². The molecule has 0 bridgehead atoms. The Morgan fingerprint density at radius 3 is 2.16 bits per heavy atom. The van der Waals surface area contributed by atoms with Crippen molar-refractivity contribution in [3.05, 3.63) is 47.5 Å². The van der Waals surface area contributed by atoms with Crippen LogP contribution in [0.5, 0.6) is 0 Å². The van der Waals surface area contributed by atoms with Gasteiger partial charge in [0, 0.05) is 20.2 Å². The number of thiophene rings is 1. The highest BCUT2D eigenvalue weighted by Crippen LogP contribution is 2.36.